The van der Waals surface area contributed by atoms with Gasteiger partial charge >= 0.3 is 0 Å². The molecule has 0 unspecified atom stereocenters. The highest BCUT2D eigenvalue weighted by molar-refractivity contribution is 14.0. The van der Waals surface area contributed by atoms with E-state index in [9.17, 15) is 9.59 Å². The summed E-state index contributed by atoms with van der Waals surface area (Å²) in [7, 11) is 0. The molecule has 4 rings (SSSR count). The number of imide groups is 1. The first-order valence-corrected chi connectivity index (χ1v) is 10.3. The topological polar surface area (TPSA) is 65.0 Å². The minimum Gasteiger partial charge on any atom is -0.356 e. The maximum absolute atomic E-state index is 12.4. The Morgan fingerprint density at radius 2 is 1.67 bits per heavy atom. The van der Waals surface area contributed by atoms with Crippen LogP contribution in [0.25, 0.3) is 0 Å². The number of aliphatic imine (C=N–C) groups is 1. The number of rotatable bonds is 6. The minimum atomic E-state index is -0.184. The van der Waals surface area contributed by atoms with Crippen LogP contribution >= 0.6 is 24.0 Å². The van der Waals surface area contributed by atoms with Gasteiger partial charge in [0.25, 0.3) is 11.8 Å². The third kappa shape index (κ3) is 4.35. The first kappa shape index (κ1) is 22.3. The van der Waals surface area contributed by atoms with Crippen molar-refractivity contribution < 1.29 is 9.59 Å². The molecule has 0 aliphatic carbocycles. The monoisotopic (exact) mass is 518 g/mol. The average molecular weight is 518 g/mol. The van der Waals surface area contributed by atoms with Crippen LogP contribution in [0.2, 0.25) is 0 Å². The summed E-state index contributed by atoms with van der Waals surface area (Å²) in [6, 6.07) is 15.5. The fourth-order valence-electron chi connectivity index (χ4n) is 3.96. The standard InChI is InChI=1S/C23H26N4O2.HI/c1-2-24-23(26-16-13-17-9-3-6-12-20(17)26)25-14-7-8-15-27-21(28)18-10-4-5-11-19(18)22(27)29;/h3-6,9-12H,2,7-8,13-16H2,1H3,(H,24,25);1H. The molecule has 158 valence electrons. The minimum absolute atomic E-state index is 0. The predicted molar refractivity (Wildman–Crippen MR) is 130 cm³/mol. The van der Waals surface area contributed by atoms with Gasteiger partial charge in [-0.1, -0.05) is 30.3 Å². The Kier molecular flexibility index (Phi) is 7.47. The van der Waals surface area contributed by atoms with Crippen LogP contribution in [0.15, 0.2) is 53.5 Å². The third-order valence-electron chi connectivity index (χ3n) is 5.41. The number of nitrogens with zero attached hydrogens (tertiary/aromatic N) is 3. The molecule has 0 saturated heterocycles. The summed E-state index contributed by atoms with van der Waals surface area (Å²) >= 11 is 0. The van der Waals surface area contributed by atoms with Crippen molar-refractivity contribution in [2.75, 3.05) is 31.1 Å². The number of carbonyl (C=O) groups excluding carboxylic acids is 2. The van der Waals surface area contributed by atoms with Crippen molar-refractivity contribution in [3.8, 4) is 0 Å². The van der Waals surface area contributed by atoms with Crippen LogP contribution in [0.1, 0.15) is 46.0 Å². The summed E-state index contributed by atoms with van der Waals surface area (Å²) in [6.07, 6.45) is 2.59. The number of amides is 2. The molecule has 2 aliphatic heterocycles. The van der Waals surface area contributed by atoms with Gasteiger partial charge in [0.15, 0.2) is 5.96 Å². The smallest absolute Gasteiger partial charge is 0.261 e. The number of hydrogen-bond donors (Lipinski definition) is 1. The first-order valence-electron chi connectivity index (χ1n) is 10.3. The van der Waals surface area contributed by atoms with Gasteiger partial charge < -0.3 is 10.2 Å². The Balaban J connectivity index is 0.00000256. The van der Waals surface area contributed by atoms with Gasteiger partial charge in [0.05, 0.1) is 11.1 Å². The fourth-order valence-corrected chi connectivity index (χ4v) is 3.96. The molecule has 30 heavy (non-hydrogen) atoms. The van der Waals surface area contributed by atoms with Crippen molar-refractivity contribution in [1.82, 2.24) is 10.2 Å². The average Bonchev–Trinajstić information content (AvgIpc) is 3.28. The van der Waals surface area contributed by atoms with Crippen molar-refractivity contribution >= 4 is 47.4 Å². The second-order valence-electron chi connectivity index (χ2n) is 7.28. The van der Waals surface area contributed by atoms with Crippen LogP contribution in [0.3, 0.4) is 0 Å². The van der Waals surface area contributed by atoms with Gasteiger partial charge in [0.1, 0.15) is 0 Å². The van der Waals surface area contributed by atoms with Crippen LogP contribution in [-0.2, 0) is 6.42 Å². The molecular weight excluding hydrogens is 491 g/mol. The number of benzene rings is 2. The number of para-hydroxylation sites is 1. The van der Waals surface area contributed by atoms with Crippen molar-refractivity contribution in [1.29, 1.82) is 0 Å². The Morgan fingerprint density at radius 3 is 2.37 bits per heavy atom. The van der Waals surface area contributed by atoms with E-state index in [0.29, 0.717) is 24.2 Å². The van der Waals surface area contributed by atoms with Crippen LogP contribution < -0.4 is 10.2 Å². The van der Waals surface area contributed by atoms with Gasteiger partial charge in [0, 0.05) is 31.9 Å². The summed E-state index contributed by atoms with van der Waals surface area (Å²) in [4.78, 5) is 33.2. The number of fused-ring (bicyclic) bond motifs is 2. The summed E-state index contributed by atoms with van der Waals surface area (Å²) in [5.74, 6) is 0.533. The summed E-state index contributed by atoms with van der Waals surface area (Å²) in [5.41, 5.74) is 3.59. The highest BCUT2D eigenvalue weighted by Gasteiger charge is 2.34. The number of anilines is 1. The molecule has 7 heteroatoms. The second-order valence-corrected chi connectivity index (χ2v) is 7.28. The molecule has 0 aromatic heterocycles. The summed E-state index contributed by atoms with van der Waals surface area (Å²) in [5, 5.41) is 3.38. The maximum Gasteiger partial charge on any atom is 0.261 e. The molecule has 6 nitrogen and oxygen atoms in total. The van der Waals surface area contributed by atoms with Gasteiger partial charge in [0.2, 0.25) is 0 Å². The number of unbranched alkanes of at least 4 members (excludes halogenated alkanes) is 1. The molecule has 2 aliphatic rings. The lowest BCUT2D eigenvalue weighted by atomic mass is 10.1. The molecule has 2 amide bonds. The van der Waals surface area contributed by atoms with E-state index in [-0.39, 0.29) is 35.8 Å². The lowest BCUT2D eigenvalue weighted by molar-refractivity contribution is 0.0652. The van der Waals surface area contributed by atoms with E-state index < -0.39 is 0 Å². The van der Waals surface area contributed by atoms with E-state index in [1.54, 1.807) is 24.3 Å². The van der Waals surface area contributed by atoms with E-state index >= 15 is 0 Å². The molecule has 2 aromatic carbocycles. The number of nitrogens with one attached hydrogen (secondary N) is 1. The largest absolute Gasteiger partial charge is 0.356 e. The lowest BCUT2D eigenvalue weighted by Crippen LogP contribution is -2.40. The fraction of sp³-hybridized carbons (Fsp3) is 0.348. The summed E-state index contributed by atoms with van der Waals surface area (Å²) < 4.78 is 0. The number of hydrogen-bond acceptors (Lipinski definition) is 3. The number of guanidine groups is 1. The van der Waals surface area contributed by atoms with E-state index in [4.69, 9.17) is 4.99 Å². The SMILES string of the molecule is CCNC(=NCCCCN1C(=O)c2ccccc2C1=O)N1CCc2ccccc21.I. The molecule has 0 saturated carbocycles. The van der Waals surface area contributed by atoms with Crippen molar-refractivity contribution in [2.45, 2.75) is 26.2 Å². The molecular formula is C23H27IN4O2. The quantitative estimate of drug-likeness (QED) is 0.208. The third-order valence-corrected chi connectivity index (χ3v) is 5.41. The van der Waals surface area contributed by atoms with Gasteiger partial charge in [-0.3, -0.25) is 19.5 Å². The Labute approximate surface area is 194 Å². The van der Waals surface area contributed by atoms with Crippen LogP contribution in [0, 0.1) is 0 Å². The maximum atomic E-state index is 12.4. The molecule has 0 spiro atoms. The molecule has 0 fully saturated rings. The van der Waals surface area contributed by atoms with Crippen molar-refractivity contribution in [2.24, 2.45) is 4.99 Å². The Hall–Kier alpha value is -2.42. The normalized spacial score (nSPS) is 15.2. The molecule has 0 atom stereocenters. The van der Waals surface area contributed by atoms with Crippen LogP contribution in [0.4, 0.5) is 5.69 Å². The van der Waals surface area contributed by atoms with Gasteiger partial charge in [-0.05, 0) is 49.9 Å². The van der Waals surface area contributed by atoms with Crippen molar-refractivity contribution in [3.05, 3.63) is 65.2 Å². The Bertz CT molecular complexity index is 925. The van der Waals surface area contributed by atoms with Gasteiger partial charge in [-0.15, -0.1) is 24.0 Å². The first-order chi connectivity index (χ1) is 14.2. The molecule has 0 radical (unpaired) electrons. The molecule has 1 N–H and O–H groups in total. The molecule has 2 heterocycles. The lowest BCUT2D eigenvalue weighted by Gasteiger charge is -2.22. The van der Waals surface area contributed by atoms with E-state index in [1.807, 2.05) is 0 Å². The van der Waals surface area contributed by atoms with Crippen LogP contribution in [0.5, 0.6) is 0 Å². The predicted octanol–water partition coefficient (Wildman–Crippen LogP) is 3.71. The molecule has 2 aromatic rings. The zero-order valence-corrected chi connectivity index (χ0v) is 19.5. The van der Waals surface area contributed by atoms with Gasteiger partial charge in [-0.2, -0.15) is 0 Å². The highest BCUT2D eigenvalue weighted by Crippen LogP contribution is 2.27. The highest BCUT2D eigenvalue weighted by atomic mass is 127. The Morgan fingerprint density at radius 1 is 1.00 bits per heavy atom. The van der Waals surface area contributed by atoms with E-state index in [0.717, 1.165) is 38.3 Å². The molecule has 0 bridgehead atoms. The van der Waals surface area contributed by atoms with Crippen molar-refractivity contribution in [3.63, 3.8) is 0 Å². The van der Waals surface area contributed by atoms with E-state index in [2.05, 4.69) is 41.4 Å². The second kappa shape index (κ2) is 10.1. The number of carbonyl (C=O) groups is 2. The van der Waals surface area contributed by atoms with Gasteiger partial charge in [-0.25, -0.2) is 0 Å². The van der Waals surface area contributed by atoms with Crippen LogP contribution in [-0.4, -0.2) is 48.9 Å². The van der Waals surface area contributed by atoms with E-state index in [1.165, 1.54) is 16.2 Å². The zero-order valence-electron chi connectivity index (χ0n) is 17.1. The summed E-state index contributed by atoms with van der Waals surface area (Å²) in [6.45, 7) is 4.90. The number of halogens is 1. The zero-order chi connectivity index (χ0) is 20.2.